The summed E-state index contributed by atoms with van der Waals surface area (Å²) in [5.74, 6) is 0.336. The highest BCUT2D eigenvalue weighted by Gasteiger charge is 2.10. The molecule has 7 heteroatoms. The molecule has 0 unspecified atom stereocenters. The van der Waals surface area contributed by atoms with Crippen molar-refractivity contribution in [3.05, 3.63) is 47.7 Å². The molecule has 116 valence electrons. The number of methoxy groups -OCH3 is 1. The number of anilines is 1. The van der Waals surface area contributed by atoms with Crippen LogP contribution < -0.4 is 15.0 Å². The first-order valence-electron chi connectivity index (χ1n) is 6.62. The average Bonchev–Trinajstić information content (AvgIpc) is 2.52. The van der Waals surface area contributed by atoms with Gasteiger partial charge in [0.25, 0.3) is 5.91 Å². The van der Waals surface area contributed by atoms with Gasteiger partial charge in [0, 0.05) is 25.9 Å². The molecule has 1 aromatic carbocycles. The predicted octanol–water partition coefficient (Wildman–Crippen LogP) is 1.62. The summed E-state index contributed by atoms with van der Waals surface area (Å²) in [6.45, 7) is 0.161. The number of nitrogens with zero attached hydrogens (tertiary/aromatic N) is 3. The maximum Gasteiger partial charge on any atom is 0.251 e. The number of amides is 1. The van der Waals surface area contributed by atoms with E-state index in [1.54, 1.807) is 12.3 Å². The third-order valence-electron chi connectivity index (χ3n) is 2.97. The van der Waals surface area contributed by atoms with E-state index in [0.29, 0.717) is 5.82 Å². The van der Waals surface area contributed by atoms with Crippen molar-refractivity contribution in [2.45, 2.75) is 6.54 Å². The third kappa shape index (κ3) is 3.69. The van der Waals surface area contributed by atoms with Gasteiger partial charge in [0.15, 0.2) is 11.6 Å². The summed E-state index contributed by atoms with van der Waals surface area (Å²) in [4.78, 5) is 22.2. The SMILES string of the molecule is COc1ccc(C(=O)NCc2nccc(N(C)C)n2)cc1F. The standard InChI is InChI=1S/C15H17FN4O2/c1-20(2)14-6-7-17-13(19-14)9-18-15(21)10-4-5-12(22-3)11(16)8-10/h4-8H,9H2,1-3H3,(H,18,21). The van der Waals surface area contributed by atoms with Gasteiger partial charge in [0.05, 0.1) is 13.7 Å². The molecule has 0 saturated heterocycles. The van der Waals surface area contributed by atoms with Crippen LogP contribution >= 0.6 is 0 Å². The van der Waals surface area contributed by atoms with Crippen molar-refractivity contribution in [3.8, 4) is 5.75 Å². The summed E-state index contributed by atoms with van der Waals surface area (Å²) in [5.41, 5.74) is 0.210. The Balaban J connectivity index is 2.03. The van der Waals surface area contributed by atoms with Gasteiger partial charge in [-0.25, -0.2) is 14.4 Å². The molecular weight excluding hydrogens is 287 g/mol. The maximum absolute atomic E-state index is 13.6. The van der Waals surface area contributed by atoms with E-state index >= 15 is 0 Å². The van der Waals surface area contributed by atoms with Gasteiger partial charge in [-0.2, -0.15) is 0 Å². The molecule has 2 aromatic rings. The molecule has 1 heterocycles. The largest absolute Gasteiger partial charge is 0.494 e. The highest BCUT2D eigenvalue weighted by molar-refractivity contribution is 5.94. The minimum atomic E-state index is -0.582. The zero-order valence-corrected chi connectivity index (χ0v) is 12.6. The lowest BCUT2D eigenvalue weighted by Gasteiger charge is -2.12. The number of rotatable bonds is 5. The van der Waals surface area contributed by atoms with Gasteiger partial charge in [-0.15, -0.1) is 0 Å². The molecule has 2 rings (SSSR count). The van der Waals surface area contributed by atoms with Crippen molar-refractivity contribution in [2.24, 2.45) is 0 Å². The molecule has 0 aliphatic heterocycles. The highest BCUT2D eigenvalue weighted by atomic mass is 19.1. The molecule has 0 fully saturated rings. The minimum absolute atomic E-state index is 0.0959. The molecule has 1 N–H and O–H groups in total. The van der Waals surface area contributed by atoms with E-state index in [2.05, 4.69) is 15.3 Å². The third-order valence-corrected chi connectivity index (χ3v) is 2.97. The van der Waals surface area contributed by atoms with Crippen molar-refractivity contribution in [1.82, 2.24) is 15.3 Å². The van der Waals surface area contributed by atoms with Crippen LogP contribution in [0.3, 0.4) is 0 Å². The van der Waals surface area contributed by atoms with Crippen LogP contribution in [0, 0.1) is 5.82 Å². The van der Waals surface area contributed by atoms with Gasteiger partial charge in [0.1, 0.15) is 11.6 Å². The average molecular weight is 304 g/mol. The Kier molecular flexibility index (Phi) is 4.88. The Morgan fingerprint density at radius 1 is 1.36 bits per heavy atom. The number of benzene rings is 1. The lowest BCUT2D eigenvalue weighted by Crippen LogP contribution is -2.24. The van der Waals surface area contributed by atoms with Crippen LogP contribution in [0.2, 0.25) is 0 Å². The highest BCUT2D eigenvalue weighted by Crippen LogP contribution is 2.17. The van der Waals surface area contributed by atoms with Gasteiger partial charge in [-0.05, 0) is 24.3 Å². The first kappa shape index (κ1) is 15.7. The van der Waals surface area contributed by atoms with Crippen LogP contribution in [0.1, 0.15) is 16.2 Å². The zero-order valence-electron chi connectivity index (χ0n) is 12.6. The smallest absolute Gasteiger partial charge is 0.251 e. The normalized spacial score (nSPS) is 10.2. The summed E-state index contributed by atoms with van der Waals surface area (Å²) in [5, 5.41) is 2.66. The second-order valence-electron chi connectivity index (χ2n) is 4.76. The van der Waals surface area contributed by atoms with Crippen LogP contribution in [-0.4, -0.2) is 37.1 Å². The molecule has 22 heavy (non-hydrogen) atoms. The number of hydrogen-bond acceptors (Lipinski definition) is 5. The van der Waals surface area contributed by atoms with E-state index in [0.717, 1.165) is 11.9 Å². The summed E-state index contributed by atoms with van der Waals surface area (Å²) in [6, 6.07) is 5.80. The van der Waals surface area contributed by atoms with Gasteiger partial charge in [-0.3, -0.25) is 4.79 Å². The van der Waals surface area contributed by atoms with Crippen molar-refractivity contribution in [1.29, 1.82) is 0 Å². The number of carbonyl (C=O) groups is 1. The molecule has 0 aliphatic carbocycles. The Labute approximate surface area is 128 Å². The maximum atomic E-state index is 13.6. The topological polar surface area (TPSA) is 67.3 Å². The van der Waals surface area contributed by atoms with E-state index in [9.17, 15) is 9.18 Å². The van der Waals surface area contributed by atoms with Gasteiger partial charge in [0.2, 0.25) is 0 Å². The molecule has 0 saturated carbocycles. The fourth-order valence-corrected chi connectivity index (χ4v) is 1.79. The van der Waals surface area contributed by atoms with E-state index in [4.69, 9.17) is 4.74 Å². The Morgan fingerprint density at radius 3 is 2.77 bits per heavy atom. The van der Waals surface area contributed by atoms with Crippen LogP contribution in [0.4, 0.5) is 10.2 Å². The van der Waals surface area contributed by atoms with Crippen LogP contribution in [0.15, 0.2) is 30.5 Å². The lowest BCUT2D eigenvalue weighted by atomic mass is 10.2. The molecular formula is C15H17FN4O2. The van der Waals surface area contributed by atoms with Crippen molar-refractivity contribution in [3.63, 3.8) is 0 Å². The van der Waals surface area contributed by atoms with Crippen LogP contribution in [0.5, 0.6) is 5.75 Å². The number of carbonyl (C=O) groups excluding carboxylic acids is 1. The van der Waals surface area contributed by atoms with E-state index in [1.807, 2.05) is 19.0 Å². The first-order chi connectivity index (χ1) is 10.5. The Morgan fingerprint density at radius 2 is 2.14 bits per heavy atom. The molecule has 0 bridgehead atoms. The number of ether oxygens (including phenoxy) is 1. The first-order valence-corrected chi connectivity index (χ1v) is 6.62. The molecule has 0 radical (unpaired) electrons. The second kappa shape index (κ2) is 6.84. The fraction of sp³-hybridized carbons (Fsp3) is 0.267. The van der Waals surface area contributed by atoms with Gasteiger partial charge in [-0.1, -0.05) is 0 Å². The molecule has 6 nitrogen and oxygen atoms in total. The van der Waals surface area contributed by atoms with Crippen LogP contribution in [-0.2, 0) is 6.54 Å². The minimum Gasteiger partial charge on any atom is -0.494 e. The quantitative estimate of drug-likeness (QED) is 0.909. The van der Waals surface area contributed by atoms with E-state index in [1.165, 1.54) is 19.2 Å². The zero-order chi connectivity index (χ0) is 16.1. The molecule has 1 aromatic heterocycles. The van der Waals surface area contributed by atoms with Crippen LogP contribution in [0.25, 0.3) is 0 Å². The number of aromatic nitrogens is 2. The second-order valence-corrected chi connectivity index (χ2v) is 4.76. The number of hydrogen-bond donors (Lipinski definition) is 1. The molecule has 0 atom stereocenters. The fourth-order valence-electron chi connectivity index (χ4n) is 1.79. The molecule has 1 amide bonds. The van der Waals surface area contributed by atoms with Gasteiger partial charge >= 0.3 is 0 Å². The van der Waals surface area contributed by atoms with Crippen molar-refractivity contribution < 1.29 is 13.9 Å². The Hall–Kier alpha value is -2.70. The monoisotopic (exact) mass is 304 g/mol. The van der Waals surface area contributed by atoms with E-state index in [-0.39, 0.29) is 17.9 Å². The van der Waals surface area contributed by atoms with Crippen molar-refractivity contribution in [2.75, 3.05) is 26.1 Å². The summed E-state index contributed by atoms with van der Waals surface area (Å²) < 4.78 is 18.4. The Bertz CT molecular complexity index is 676. The molecule has 0 spiro atoms. The lowest BCUT2D eigenvalue weighted by molar-refractivity contribution is 0.0949. The van der Waals surface area contributed by atoms with Crippen molar-refractivity contribution >= 4 is 11.7 Å². The summed E-state index contributed by atoms with van der Waals surface area (Å²) in [6.07, 6.45) is 1.62. The van der Waals surface area contributed by atoms with Gasteiger partial charge < -0.3 is 15.0 Å². The number of nitrogens with one attached hydrogen (secondary N) is 1. The summed E-state index contributed by atoms with van der Waals surface area (Å²) in [7, 11) is 5.10. The van der Waals surface area contributed by atoms with E-state index < -0.39 is 11.7 Å². The molecule has 0 aliphatic rings. The predicted molar refractivity (Wildman–Crippen MR) is 80.5 cm³/mol. The number of halogens is 1. The summed E-state index contributed by atoms with van der Waals surface area (Å²) >= 11 is 0.